The van der Waals surface area contributed by atoms with E-state index < -0.39 is 0 Å². The maximum absolute atomic E-state index is 5.18. The van der Waals surface area contributed by atoms with Gasteiger partial charge in [-0.15, -0.1) is 0 Å². The number of pyridine rings is 1. The lowest BCUT2D eigenvalue weighted by Gasteiger charge is -2.19. The van der Waals surface area contributed by atoms with Crippen molar-refractivity contribution in [3.05, 3.63) is 218 Å². The molecule has 3 aromatic heterocycles. The number of H-pyrrole nitrogens is 1. The normalized spacial score (nSPS) is 11.3. The van der Waals surface area contributed by atoms with Crippen molar-refractivity contribution in [2.24, 2.45) is 0 Å². The third kappa shape index (κ3) is 7.26. The van der Waals surface area contributed by atoms with Crippen LogP contribution in [-0.4, -0.2) is 24.9 Å². The molecule has 0 unspecified atom stereocenters. The molecule has 0 spiro atoms. The van der Waals surface area contributed by atoms with Gasteiger partial charge in [-0.3, -0.25) is 4.98 Å². The molecule has 8 aromatic carbocycles. The summed E-state index contributed by atoms with van der Waals surface area (Å²) in [6.45, 7) is 4.08. The van der Waals surface area contributed by atoms with Crippen LogP contribution in [0.25, 0.3) is 112 Å². The minimum Gasteiger partial charge on any atom is -0.354 e. The van der Waals surface area contributed by atoms with Gasteiger partial charge in [-0.1, -0.05) is 170 Å². The van der Waals surface area contributed by atoms with E-state index in [0.717, 1.165) is 66.8 Å². The zero-order valence-corrected chi connectivity index (χ0v) is 34.9. The molecule has 298 valence electrons. The molecular formula is C58H41N5. The highest BCUT2D eigenvalue weighted by Gasteiger charge is 2.19. The van der Waals surface area contributed by atoms with Gasteiger partial charge in [-0.25, -0.2) is 15.0 Å². The Morgan fingerprint density at radius 1 is 0.302 bits per heavy atom. The standard InChI is InChI=1S/C58H41N5/c1-37-25-31-48(38(2)59-37)44-21-14-22-45(33-44)57-61-56(62-58(63-57)46-30-32-50-49-23-12-13-24-53(49)60-54(50)36-46)43-28-26-39(27-29-43)47-34-51(40-15-6-3-7-16-40)55(42-19-10-5-11-20-42)52(35-47)41-17-8-4-9-18-41/h3-36,60H,1-2H3. The third-order valence-electron chi connectivity index (χ3n) is 11.9. The van der Waals surface area contributed by atoms with E-state index in [1.807, 2.05) is 6.92 Å². The molecule has 0 fully saturated rings. The largest absolute Gasteiger partial charge is 0.354 e. The van der Waals surface area contributed by atoms with Crippen LogP contribution < -0.4 is 0 Å². The zero-order chi connectivity index (χ0) is 42.3. The summed E-state index contributed by atoms with van der Waals surface area (Å²) in [6, 6.07) is 72.8. The molecule has 3 heterocycles. The van der Waals surface area contributed by atoms with Crippen LogP contribution in [0.5, 0.6) is 0 Å². The van der Waals surface area contributed by atoms with Crippen molar-refractivity contribution in [2.75, 3.05) is 0 Å². The van der Waals surface area contributed by atoms with E-state index in [-0.39, 0.29) is 0 Å². The molecule has 5 nitrogen and oxygen atoms in total. The first kappa shape index (κ1) is 37.7. The van der Waals surface area contributed by atoms with E-state index in [4.69, 9.17) is 19.9 Å². The van der Waals surface area contributed by atoms with Gasteiger partial charge in [0.05, 0.1) is 0 Å². The van der Waals surface area contributed by atoms with Gasteiger partial charge in [0.25, 0.3) is 0 Å². The van der Waals surface area contributed by atoms with Crippen molar-refractivity contribution < 1.29 is 0 Å². The van der Waals surface area contributed by atoms with Crippen LogP contribution >= 0.6 is 0 Å². The average Bonchev–Trinajstić information content (AvgIpc) is 3.72. The zero-order valence-electron chi connectivity index (χ0n) is 34.9. The molecule has 0 aliphatic rings. The number of rotatable bonds is 8. The van der Waals surface area contributed by atoms with Crippen LogP contribution in [-0.2, 0) is 0 Å². The van der Waals surface area contributed by atoms with Crippen LogP contribution in [0.3, 0.4) is 0 Å². The Kier molecular flexibility index (Phi) is 9.55. The number of fused-ring (bicyclic) bond motifs is 3. The number of para-hydroxylation sites is 1. The lowest BCUT2D eigenvalue weighted by molar-refractivity contribution is 1.07. The van der Waals surface area contributed by atoms with Gasteiger partial charge in [0.15, 0.2) is 17.5 Å². The Morgan fingerprint density at radius 3 is 1.46 bits per heavy atom. The van der Waals surface area contributed by atoms with Crippen molar-refractivity contribution in [3.63, 3.8) is 0 Å². The molecule has 5 heteroatoms. The molecule has 0 atom stereocenters. The number of nitrogens with zero attached hydrogens (tertiary/aromatic N) is 4. The van der Waals surface area contributed by atoms with E-state index in [1.165, 1.54) is 38.8 Å². The molecule has 63 heavy (non-hydrogen) atoms. The Bertz CT molecular complexity index is 3390. The molecule has 11 aromatic rings. The first-order valence-electron chi connectivity index (χ1n) is 21.3. The summed E-state index contributed by atoms with van der Waals surface area (Å²) >= 11 is 0. The average molecular weight is 808 g/mol. The summed E-state index contributed by atoms with van der Waals surface area (Å²) in [6.07, 6.45) is 0. The van der Waals surface area contributed by atoms with Gasteiger partial charge in [-0.05, 0) is 100 Å². The number of nitrogens with one attached hydrogen (secondary N) is 1. The summed E-state index contributed by atoms with van der Waals surface area (Å²) in [5, 5.41) is 2.35. The van der Waals surface area contributed by atoms with E-state index in [2.05, 4.69) is 218 Å². The first-order chi connectivity index (χ1) is 31.0. The van der Waals surface area contributed by atoms with Crippen molar-refractivity contribution in [2.45, 2.75) is 13.8 Å². The summed E-state index contributed by atoms with van der Waals surface area (Å²) in [5.41, 5.74) is 18.3. The maximum Gasteiger partial charge on any atom is 0.164 e. The topological polar surface area (TPSA) is 67.3 Å². The summed E-state index contributed by atoms with van der Waals surface area (Å²) in [5.74, 6) is 1.81. The van der Waals surface area contributed by atoms with Crippen molar-refractivity contribution in [3.8, 4) is 89.8 Å². The smallest absolute Gasteiger partial charge is 0.164 e. The first-order valence-corrected chi connectivity index (χ1v) is 21.3. The molecule has 0 saturated carbocycles. The fraction of sp³-hybridized carbons (Fsp3) is 0.0345. The highest BCUT2D eigenvalue weighted by molar-refractivity contribution is 6.08. The van der Waals surface area contributed by atoms with Crippen LogP contribution in [0.2, 0.25) is 0 Å². The molecular weight excluding hydrogens is 767 g/mol. The minimum atomic E-state index is 0.603. The van der Waals surface area contributed by atoms with Crippen molar-refractivity contribution >= 4 is 21.8 Å². The third-order valence-corrected chi connectivity index (χ3v) is 11.9. The van der Waals surface area contributed by atoms with Crippen LogP contribution in [0, 0.1) is 13.8 Å². The van der Waals surface area contributed by atoms with Crippen molar-refractivity contribution in [1.82, 2.24) is 24.9 Å². The number of hydrogen-bond acceptors (Lipinski definition) is 4. The Morgan fingerprint density at radius 2 is 0.810 bits per heavy atom. The fourth-order valence-electron chi connectivity index (χ4n) is 8.80. The van der Waals surface area contributed by atoms with Gasteiger partial charge >= 0.3 is 0 Å². The molecule has 0 radical (unpaired) electrons. The summed E-state index contributed by atoms with van der Waals surface area (Å²) in [4.78, 5) is 23.9. The molecule has 0 bridgehead atoms. The van der Waals surface area contributed by atoms with Crippen LogP contribution in [0.1, 0.15) is 11.4 Å². The monoisotopic (exact) mass is 807 g/mol. The molecule has 0 amide bonds. The lowest BCUT2D eigenvalue weighted by Crippen LogP contribution is -2.00. The van der Waals surface area contributed by atoms with Gasteiger partial charge in [0, 0.05) is 55.4 Å². The Hall–Kier alpha value is -8.28. The number of benzene rings is 8. The predicted octanol–water partition coefficient (Wildman–Crippen LogP) is 14.9. The SMILES string of the molecule is Cc1ccc(-c2cccc(-c3nc(-c4ccc(-c5cc(-c6ccccc6)c(-c6ccccc6)c(-c6ccccc6)c5)cc4)nc(-c4ccc5c(c4)[nH]c4ccccc45)n3)c2)c(C)n1. The molecule has 1 N–H and O–H groups in total. The second-order valence-corrected chi connectivity index (χ2v) is 16.0. The number of aromatic amines is 1. The summed E-state index contributed by atoms with van der Waals surface area (Å²) < 4.78 is 0. The quantitative estimate of drug-likeness (QED) is 0.166. The highest BCUT2D eigenvalue weighted by Crippen LogP contribution is 2.43. The predicted molar refractivity (Wildman–Crippen MR) is 260 cm³/mol. The van der Waals surface area contributed by atoms with Crippen LogP contribution in [0.15, 0.2) is 206 Å². The number of aryl methyl sites for hydroxylation is 2. The summed E-state index contributed by atoms with van der Waals surface area (Å²) in [7, 11) is 0. The number of hydrogen-bond donors (Lipinski definition) is 1. The van der Waals surface area contributed by atoms with Gasteiger partial charge in [0.2, 0.25) is 0 Å². The second-order valence-electron chi connectivity index (χ2n) is 16.0. The van der Waals surface area contributed by atoms with E-state index in [9.17, 15) is 0 Å². The maximum atomic E-state index is 5.18. The second kappa shape index (κ2) is 16.0. The molecule has 0 aliphatic heterocycles. The fourth-order valence-corrected chi connectivity index (χ4v) is 8.80. The van der Waals surface area contributed by atoms with Crippen LogP contribution in [0.4, 0.5) is 0 Å². The Balaban J connectivity index is 1.05. The Labute approximate surface area is 366 Å². The van der Waals surface area contributed by atoms with E-state index in [0.29, 0.717) is 17.5 Å². The minimum absolute atomic E-state index is 0.603. The van der Waals surface area contributed by atoms with E-state index >= 15 is 0 Å². The van der Waals surface area contributed by atoms with Gasteiger partial charge in [0.1, 0.15) is 0 Å². The lowest BCUT2D eigenvalue weighted by atomic mass is 9.84. The van der Waals surface area contributed by atoms with Gasteiger partial charge < -0.3 is 4.98 Å². The van der Waals surface area contributed by atoms with Crippen molar-refractivity contribution in [1.29, 1.82) is 0 Å². The van der Waals surface area contributed by atoms with Gasteiger partial charge in [-0.2, -0.15) is 0 Å². The molecule has 11 rings (SSSR count). The molecule has 0 aliphatic carbocycles. The highest BCUT2D eigenvalue weighted by atomic mass is 15.0. The number of aromatic nitrogens is 5. The van der Waals surface area contributed by atoms with E-state index in [1.54, 1.807) is 0 Å². The molecule has 0 saturated heterocycles.